The lowest BCUT2D eigenvalue weighted by Gasteiger charge is -2.37. The van der Waals surface area contributed by atoms with Gasteiger partial charge in [-0.15, -0.1) is 0 Å². The van der Waals surface area contributed by atoms with E-state index >= 15 is 0 Å². The number of piperazine rings is 1. The smallest absolute Gasteiger partial charge is 0.410 e. The van der Waals surface area contributed by atoms with Gasteiger partial charge in [0.15, 0.2) is 0 Å². The number of ether oxygens (including phenoxy) is 2. The molecule has 0 spiro atoms. The fourth-order valence-electron chi connectivity index (χ4n) is 4.27. The molecule has 0 N–H and O–H groups in total. The number of methoxy groups -OCH3 is 1. The summed E-state index contributed by atoms with van der Waals surface area (Å²) < 4.78 is 16.1. The topological polar surface area (TPSA) is 101 Å². The van der Waals surface area contributed by atoms with Crippen molar-refractivity contribution in [3.63, 3.8) is 0 Å². The van der Waals surface area contributed by atoms with E-state index in [1.165, 1.54) is 0 Å². The van der Waals surface area contributed by atoms with Gasteiger partial charge in [-0.05, 0) is 57.9 Å². The van der Waals surface area contributed by atoms with Gasteiger partial charge in [0.05, 0.1) is 13.7 Å². The molecule has 2 aliphatic rings. The maximum absolute atomic E-state index is 13.2. The number of carbonyl (C=O) groups is 2. The highest BCUT2D eigenvalue weighted by Gasteiger charge is 2.39. The minimum atomic E-state index is -0.582. The molecule has 2 aromatic rings. The lowest BCUT2D eigenvalue weighted by atomic mass is 10.1. The molecular weight excluding hydrogens is 438 g/mol. The Morgan fingerprint density at radius 3 is 2.44 bits per heavy atom. The van der Waals surface area contributed by atoms with Gasteiger partial charge in [-0.25, -0.2) is 4.79 Å². The predicted octanol–water partition coefficient (Wildman–Crippen LogP) is 2.79. The predicted molar refractivity (Wildman–Crippen MR) is 124 cm³/mol. The SMILES string of the molecule is COc1ccc(-c2noc(CN3CCN(C(=O)[C@@H]4CCCN4C(=O)OC(C)(C)C)CC3)n2)cc1. The van der Waals surface area contributed by atoms with Crippen LogP contribution in [-0.4, -0.2) is 88.3 Å². The Kier molecular flexibility index (Phi) is 7.06. The second-order valence-corrected chi connectivity index (χ2v) is 9.67. The first-order valence-electron chi connectivity index (χ1n) is 11.7. The average Bonchev–Trinajstić information content (AvgIpc) is 3.48. The summed E-state index contributed by atoms with van der Waals surface area (Å²) in [4.78, 5) is 35.8. The molecule has 0 aliphatic carbocycles. The first kappa shape index (κ1) is 24.0. The van der Waals surface area contributed by atoms with Crippen LogP contribution in [0.3, 0.4) is 0 Å². The average molecular weight is 472 g/mol. The molecule has 2 fully saturated rings. The largest absolute Gasteiger partial charge is 0.497 e. The number of nitrogens with zero attached hydrogens (tertiary/aromatic N) is 5. The Morgan fingerprint density at radius 2 is 1.79 bits per heavy atom. The molecule has 2 saturated heterocycles. The summed E-state index contributed by atoms with van der Waals surface area (Å²) in [6.45, 7) is 9.17. The molecule has 3 heterocycles. The molecule has 0 radical (unpaired) electrons. The van der Waals surface area contributed by atoms with E-state index < -0.39 is 17.7 Å². The lowest BCUT2D eigenvalue weighted by molar-refractivity contribution is -0.137. The van der Waals surface area contributed by atoms with Crippen LogP contribution in [0.15, 0.2) is 28.8 Å². The third-order valence-corrected chi connectivity index (χ3v) is 6.03. The molecule has 0 unspecified atom stereocenters. The number of benzene rings is 1. The number of carbonyl (C=O) groups excluding carboxylic acids is 2. The monoisotopic (exact) mass is 471 g/mol. The Morgan fingerprint density at radius 1 is 1.09 bits per heavy atom. The molecule has 2 aliphatic heterocycles. The van der Waals surface area contributed by atoms with Crippen LogP contribution in [0.1, 0.15) is 39.5 Å². The van der Waals surface area contributed by atoms with Gasteiger partial charge in [0, 0.05) is 38.3 Å². The number of amides is 2. The van der Waals surface area contributed by atoms with Crippen molar-refractivity contribution < 1.29 is 23.6 Å². The van der Waals surface area contributed by atoms with Crippen LogP contribution in [0.5, 0.6) is 5.75 Å². The Balaban J connectivity index is 1.29. The fraction of sp³-hybridized carbons (Fsp3) is 0.583. The van der Waals surface area contributed by atoms with E-state index in [1.807, 2.05) is 49.9 Å². The molecule has 0 saturated carbocycles. The number of aromatic nitrogens is 2. The van der Waals surface area contributed by atoms with Crippen molar-refractivity contribution in [2.45, 2.75) is 51.8 Å². The number of rotatable bonds is 5. The van der Waals surface area contributed by atoms with E-state index in [0.717, 1.165) is 17.7 Å². The zero-order valence-electron chi connectivity index (χ0n) is 20.3. The number of hydrogen-bond donors (Lipinski definition) is 0. The van der Waals surface area contributed by atoms with Gasteiger partial charge >= 0.3 is 6.09 Å². The highest BCUT2D eigenvalue weighted by atomic mass is 16.6. The summed E-state index contributed by atoms with van der Waals surface area (Å²) in [7, 11) is 1.62. The van der Waals surface area contributed by atoms with E-state index in [-0.39, 0.29) is 5.91 Å². The molecule has 10 nitrogen and oxygen atoms in total. The highest BCUT2D eigenvalue weighted by molar-refractivity contribution is 5.86. The summed E-state index contributed by atoms with van der Waals surface area (Å²) in [6, 6.07) is 7.05. The van der Waals surface area contributed by atoms with Crippen molar-refractivity contribution in [1.82, 2.24) is 24.8 Å². The van der Waals surface area contributed by atoms with Crippen molar-refractivity contribution in [3.8, 4) is 17.1 Å². The van der Waals surface area contributed by atoms with Gasteiger partial charge in [0.2, 0.25) is 17.6 Å². The molecule has 184 valence electrons. The van der Waals surface area contributed by atoms with E-state index in [4.69, 9.17) is 14.0 Å². The molecule has 0 bridgehead atoms. The van der Waals surface area contributed by atoms with Crippen LogP contribution in [0.4, 0.5) is 4.79 Å². The van der Waals surface area contributed by atoms with Crippen molar-refractivity contribution in [2.75, 3.05) is 39.8 Å². The van der Waals surface area contributed by atoms with Crippen LogP contribution < -0.4 is 4.74 Å². The zero-order valence-corrected chi connectivity index (χ0v) is 20.3. The zero-order chi connectivity index (χ0) is 24.3. The molecule has 10 heteroatoms. The minimum Gasteiger partial charge on any atom is -0.497 e. The summed E-state index contributed by atoms with van der Waals surface area (Å²) >= 11 is 0. The van der Waals surface area contributed by atoms with Crippen molar-refractivity contribution in [3.05, 3.63) is 30.2 Å². The first-order valence-corrected chi connectivity index (χ1v) is 11.7. The molecular formula is C24H33N5O5. The minimum absolute atomic E-state index is 0.00240. The van der Waals surface area contributed by atoms with Crippen LogP contribution in [0, 0.1) is 0 Å². The number of likely N-dealkylation sites (tertiary alicyclic amines) is 1. The van der Waals surface area contributed by atoms with Gasteiger partial charge < -0.3 is 18.9 Å². The van der Waals surface area contributed by atoms with Crippen molar-refractivity contribution in [2.24, 2.45) is 0 Å². The molecule has 4 rings (SSSR count). The Bertz CT molecular complexity index is 992. The molecule has 1 aromatic carbocycles. The molecule has 1 aromatic heterocycles. The molecule has 1 atom stereocenters. The van der Waals surface area contributed by atoms with Crippen molar-refractivity contribution >= 4 is 12.0 Å². The third-order valence-electron chi connectivity index (χ3n) is 6.03. The first-order chi connectivity index (χ1) is 16.2. The summed E-state index contributed by atoms with van der Waals surface area (Å²) in [5, 5.41) is 4.09. The second-order valence-electron chi connectivity index (χ2n) is 9.67. The van der Waals surface area contributed by atoms with E-state index in [2.05, 4.69) is 15.0 Å². The van der Waals surface area contributed by atoms with E-state index in [0.29, 0.717) is 57.4 Å². The molecule has 34 heavy (non-hydrogen) atoms. The maximum Gasteiger partial charge on any atom is 0.410 e. The normalized spacial score (nSPS) is 19.4. The van der Waals surface area contributed by atoms with Crippen molar-refractivity contribution in [1.29, 1.82) is 0 Å². The second kappa shape index (κ2) is 10.0. The highest BCUT2D eigenvalue weighted by Crippen LogP contribution is 2.24. The summed E-state index contributed by atoms with van der Waals surface area (Å²) in [5.74, 6) is 1.85. The van der Waals surface area contributed by atoms with Crippen LogP contribution in [-0.2, 0) is 16.1 Å². The summed E-state index contributed by atoms with van der Waals surface area (Å²) in [6.07, 6.45) is 1.07. The quantitative estimate of drug-likeness (QED) is 0.656. The van der Waals surface area contributed by atoms with E-state index in [1.54, 1.807) is 12.0 Å². The van der Waals surface area contributed by atoms with Crippen LogP contribution in [0.2, 0.25) is 0 Å². The van der Waals surface area contributed by atoms with Gasteiger partial charge in [0.1, 0.15) is 17.4 Å². The third kappa shape index (κ3) is 5.67. The van der Waals surface area contributed by atoms with Gasteiger partial charge in [-0.2, -0.15) is 4.98 Å². The Hall–Kier alpha value is -3.14. The van der Waals surface area contributed by atoms with Crippen LogP contribution in [0.25, 0.3) is 11.4 Å². The van der Waals surface area contributed by atoms with Crippen LogP contribution >= 0.6 is 0 Å². The maximum atomic E-state index is 13.2. The number of hydrogen-bond acceptors (Lipinski definition) is 8. The summed E-state index contributed by atoms with van der Waals surface area (Å²) in [5.41, 5.74) is 0.276. The van der Waals surface area contributed by atoms with Gasteiger partial charge in [-0.3, -0.25) is 14.6 Å². The fourth-order valence-corrected chi connectivity index (χ4v) is 4.27. The molecule has 2 amide bonds. The van der Waals surface area contributed by atoms with E-state index in [9.17, 15) is 9.59 Å². The van der Waals surface area contributed by atoms with Gasteiger partial charge in [-0.1, -0.05) is 5.16 Å². The standard InChI is InChI=1S/C24H33N5O5/c1-24(2,3)33-23(31)29-11-5-6-19(29)22(30)28-14-12-27(13-15-28)16-20-25-21(26-34-20)17-7-9-18(32-4)10-8-17/h7-10,19H,5-6,11-16H2,1-4H3/t19-/m0/s1. The Labute approximate surface area is 199 Å². The lowest BCUT2D eigenvalue weighted by Crippen LogP contribution is -2.54. The van der Waals surface area contributed by atoms with Gasteiger partial charge in [0.25, 0.3) is 0 Å².